The smallest absolute Gasteiger partial charge is 0.333 e. The minimum absolute atomic E-state index is 0.136. The van der Waals surface area contributed by atoms with Gasteiger partial charge in [0.15, 0.2) is 0 Å². The lowest BCUT2D eigenvalue weighted by atomic mass is 9.98. The summed E-state index contributed by atoms with van der Waals surface area (Å²) in [6, 6.07) is 5.88. The number of carbonyl (C=O) groups is 3. The first kappa shape index (κ1) is 20.0. The summed E-state index contributed by atoms with van der Waals surface area (Å²) >= 11 is 1.23. The number of rotatable bonds is 6. The second-order valence-corrected chi connectivity index (χ2v) is 7.24. The van der Waals surface area contributed by atoms with Crippen molar-refractivity contribution in [3.05, 3.63) is 40.4 Å². The lowest BCUT2D eigenvalue weighted by Gasteiger charge is -2.19. The molecule has 7 heteroatoms. The summed E-state index contributed by atoms with van der Waals surface area (Å²) in [6.45, 7) is 7.89. The van der Waals surface area contributed by atoms with Gasteiger partial charge >= 0.3 is 5.97 Å². The van der Waals surface area contributed by atoms with Crippen LogP contribution in [0.1, 0.15) is 37.8 Å². The molecule has 0 spiro atoms. The maximum absolute atomic E-state index is 12.5. The van der Waals surface area contributed by atoms with Gasteiger partial charge in [-0.05, 0) is 30.9 Å². The average molecular weight is 376 g/mol. The fourth-order valence-electron chi connectivity index (χ4n) is 2.65. The number of nitrogens with one attached hydrogen (secondary N) is 1. The highest BCUT2D eigenvalue weighted by Crippen LogP contribution is 2.30. The molecule has 1 heterocycles. The molecule has 6 nitrogen and oxygen atoms in total. The van der Waals surface area contributed by atoms with Crippen LogP contribution in [0.3, 0.4) is 0 Å². The maximum atomic E-state index is 12.5. The van der Waals surface area contributed by atoms with Crippen LogP contribution in [0, 0.1) is 6.92 Å². The number of hydrogen-bond acceptors (Lipinski definition) is 5. The molecule has 1 aliphatic rings. The van der Waals surface area contributed by atoms with Gasteiger partial charge in [-0.25, -0.2) is 4.79 Å². The summed E-state index contributed by atoms with van der Waals surface area (Å²) in [5.41, 5.74) is 2.79. The van der Waals surface area contributed by atoms with Crippen LogP contribution in [0.4, 0.5) is 5.69 Å². The van der Waals surface area contributed by atoms with Gasteiger partial charge in [-0.3, -0.25) is 14.5 Å². The molecule has 0 saturated carbocycles. The normalized spacial score (nSPS) is 15.7. The zero-order valence-electron chi connectivity index (χ0n) is 15.5. The molecule has 0 unspecified atom stereocenters. The molecule has 1 aromatic carbocycles. The molecule has 1 N–H and O–H groups in total. The second kappa shape index (κ2) is 8.89. The van der Waals surface area contributed by atoms with E-state index < -0.39 is 5.97 Å². The molecule has 1 saturated heterocycles. The standard InChI is InChI=1S/C19H24N2O4S/c1-5-25-18(24)9-17-21(16(23)11-26-17)10-15(22)20-19-13(4)7-6-8-14(19)12(2)3/h6-9,12H,5,10-11H2,1-4H3,(H,20,22)/b17-9-. The van der Waals surface area contributed by atoms with E-state index in [1.165, 1.54) is 22.7 Å². The molecular weight excluding hydrogens is 352 g/mol. The Labute approximate surface area is 158 Å². The summed E-state index contributed by atoms with van der Waals surface area (Å²) in [7, 11) is 0. The van der Waals surface area contributed by atoms with Crippen LogP contribution in [-0.2, 0) is 19.1 Å². The number of hydrogen-bond donors (Lipinski definition) is 1. The van der Waals surface area contributed by atoms with E-state index in [9.17, 15) is 14.4 Å². The number of thioether (sulfide) groups is 1. The van der Waals surface area contributed by atoms with Crippen LogP contribution in [-0.4, -0.2) is 41.6 Å². The van der Waals surface area contributed by atoms with E-state index in [2.05, 4.69) is 19.2 Å². The molecule has 26 heavy (non-hydrogen) atoms. The second-order valence-electron chi connectivity index (χ2n) is 6.25. The van der Waals surface area contributed by atoms with Crippen LogP contribution < -0.4 is 5.32 Å². The molecule has 1 aliphatic heterocycles. The van der Waals surface area contributed by atoms with Gasteiger partial charge < -0.3 is 10.1 Å². The predicted octanol–water partition coefficient (Wildman–Crippen LogP) is 3.04. The van der Waals surface area contributed by atoms with Crippen LogP contribution >= 0.6 is 11.8 Å². The lowest BCUT2D eigenvalue weighted by molar-refractivity contribution is -0.137. The number of para-hydroxylation sites is 1. The van der Waals surface area contributed by atoms with Gasteiger partial charge in [0.2, 0.25) is 11.8 Å². The average Bonchev–Trinajstić information content (AvgIpc) is 2.89. The van der Waals surface area contributed by atoms with E-state index in [0.29, 0.717) is 5.03 Å². The molecular formula is C19H24N2O4S. The molecule has 0 aromatic heterocycles. The zero-order valence-corrected chi connectivity index (χ0v) is 16.3. The number of amides is 2. The van der Waals surface area contributed by atoms with Gasteiger partial charge in [-0.15, -0.1) is 0 Å². The first-order chi connectivity index (χ1) is 12.3. The third-order valence-electron chi connectivity index (χ3n) is 3.93. The van der Waals surface area contributed by atoms with E-state index in [-0.39, 0.29) is 36.6 Å². The Morgan fingerprint density at radius 2 is 2.12 bits per heavy atom. The van der Waals surface area contributed by atoms with Crippen molar-refractivity contribution in [3.8, 4) is 0 Å². The van der Waals surface area contributed by atoms with Crippen molar-refractivity contribution in [2.45, 2.75) is 33.6 Å². The molecule has 0 radical (unpaired) electrons. The van der Waals surface area contributed by atoms with E-state index in [4.69, 9.17) is 4.74 Å². The molecule has 2 rings (SSSR count). The van der Waals surface area contributed by atoms with E-state index >= 15 is 0 Å². The van der Waals surface area contributed by atoms with Crippen molar-refractivity contribution in [2.24, 2.45) is 0 Å². The van der Waals surface area contributed by atoms with Gasteiger partial charge in [-0.2, -0.15) is 0 Å². The molecule has 1 aromatic rings. The largest absolute Gasteiger partial charge is 0.463 e. The van der Waals surface area contributed by atoms with Crippen molar-refractivity contribution in [2.75, 3.05) is 24.2 Å². The van der Waals surface area contributed by atoms with Crippen LogP contribution in [0.25, 0.3) is 0 Å². The summed E-state index contributed by atoms with van der Waals surface area (Å²) in [4.78, 5) is 37.6. The molecule has 0 bridgehead atoms. The third-order valence-corrected chi connectivity index (χ3v) is 4.96. The SMILES string of the molecule is CCOC(=O)/C=C1\SCC(=O)N1CC(=O)Nc1c(C)cccc1C(C)C. The van der Waals surface area contributed by atoms with Gasteiger partial charge in [0, 0.05) is 5.69 Å². The van der Waals surface area contributed by atoms with Gasteiger partial charge in [0.05, 0.1) is 23.5 Å². The van der Waals surface area contributed by atoms with Crippen LogP contribution in [0.5, 0.6) is 0 Å². The predicted molar refractivity (Wildman–Crippen MR) is 103 cm³/mol. The fourth-order valence-corrected chi connectivity index (χ4v) is 3.58. The number of aryl methyl sites for hydroxylation is 1. The van der Waals surface area contributed by atoms with Gasteiger partial charge in [-0.1, -0.05) is 43.8 Å². The number of carbonyl (C=O) groups excluding carboxylic acids is 3. The highest BCUT2D eigenvalue weighted by molar-refractivity contribution is 8.04. The molecule has 1 fully saturated rings. The fraction of sp³-hybridized carbons (Fsp3) is 0.421. The monoisotopic (exact) mass is 376 g/mol. The minimum atomic E-state index is -0.517. The highest BCUT2D eigenvalue weighted by Gasteiger charge is 2.29. The number of ether oxygens (including phenoxy) is 1. The Bertz CT molecular complexity index is 743. The van der Waals surface area contributed by atoms with Crippen LogP contribution in [0.2, 0.25) is 0 Å². The zero-order chi connectivity index (χ0) is 19.3. The van der Waals surface area contributed by atoms with Gasteiger partial charge in [0.1, 0.15) is 6.54 Å². The van der Waals surface area contributed by atoms with Crippen molar-refractivity contribution >= 4 is 35.2 Å². The Morgan fingerprint density at radius 3 is 2.77 bits per heavy atom. The van der Waals surface area contributed by atoms with Crippen molar-refractivity contribution in [1.29, 1.82) is 0 Å². The van der Waals surface area contributed by atoms with Crippen molar-refractivity contribution in [1.82, 2.24) is 4.90 Å². The molecule has 140 valence electrons. The number of benzene rings is 1. The van der Waals surface area contributed by atoms with E-state index in [0.717, 1.165) is 16.8 Å². The summed E-state index contributed by atoms with van der Waals surface area (Å²) in [5, 5.41) is 3.36. The molecule has 2 amide bonds. The molecule has 0 aliphatic carbocycles. The third kappa shape index (κ3) is 4.88. The Morgan fingerprint density at radius 1 is 1.38 bits per heavy atom. The Hall–Kier alpha value is -2.28. The van der Waals surface area contributed by atoms with E-state index in [1.54, 1.807) is 6.92 Å². The van der Waals surface area contributed by atoms with E-state index in [1.807, 2.05) is 25.1 Å². The highest BCUT2D eigenvalue weighted by atomic mass is 32.2. The lowest BCUT2D eigenvalue weighted by Crippen LogP contribution is -2.34. The Balaban J connectivity index is 2.14. The topological polar surface area (TPSA) is 75.7 Å². The van der Waals surface area contributed by atoms with Crippen molar-refractivity contribution < 1.29 is 19.1 Å². The number of anilines is 1. The quantitative estimate of drug-likeness (QED) is 0.610. The summed E-state index contributed by atoms with van der Waals surface area (Å²) < 4.78 is 4.88. The number of esters is 1. The first-order valence-electron chi connectivity index (χ1n) is 8.54. The van der Waals surface area contributed by atoms with Crippen molar-refractivity contribution in [3.63, 3.8) is 0 Å². The summed E-state index contributed by atoms with van der Waals surface area (Å²) in [5.74, 6) is -0.550. The summed E-state index contributed by atoms with van der Waals surface area (Å²) in [6.07, 6.45) is 1.26. The molecule has 0 atom stereocenters. The maximum Gasteiger partial charge on any atom is 0.333 e. The Kier molecular flexibility index (Phi) is 6.85. The first-order valence-corrected chi connectivity index (χ1v) is 9.53. The van der Waals surface area contributed by atoms with Crippen LogP contribution in [0.15, 0.2) is 29.3 Å². The minimum Gasteiger partial charge on any atom is -0.463 e. The number of nitrogens with zero attached hydrogens (tertiary/aromatic N) is 1. The van der Waals surface area contributed by atoms with Gasteiger partial charge in [0.25, 0.3) is 0 Å².